The summed E-state index contributed by atoms with van der Waals surface area (Å²) in [5, 5.41) is 1.97. The van der Waals surface area contributed by atoms with Crippen LogP contribution in [0.3, 0.4) is 0 Å². The number of methoxy groups -OCH3 is 1. The van der Waals surface area contributed by atoms with Gasteiger partial charge < -0.3 is 9.64 Å². The van der Waals surface area contributed by atoms with Crippen LogP contribution in [0.2, 0.25) is 0 Å². The third kappa shape index (κ3) is 6.29. The maximum Gasteiger partial charge on any atom is 0.310 e. The Bertz CT molecular complexity index is 431. The van der Waals surface area contributed by atoms with Crippen LogP contribution in [0.5, 0.6) is 0 Å². The van der Waals surface area contributed by atoms with E-state index in [-0.39, 0.29) is 17.8 Å². The van der Waals surface area contributed by atoms with Gasteiger partial charge in [0.05, 0.1) is 19.4 Å². The number of amides is 1. The lowest BCUT2D eigenvalue weighted by Gasteiger charge is -2.25. The minimum absolute atomic E-state index is 0.0873. The second kappa shape index (κ2) is 9.55. The number of carbonyl (C=O) groups excluding carboxylic acids is 2. The van der Waals surface area contributed by atoms with Gasteiger partial charge in [0.25, 0.3) is 0 Å². The van der Waals surface area contributed by atoms with E-state index in [1.165, 1.54) is 7.11 Å². The maximum absolute atomic E-state index is 12.4. The Balaban J connectivity index is 2.61. The van der Waals surface area contributed by atoms with Crippen molar-refractivity contribution >= 4 is 23.2 Å². The van der Waals surface area contributed by atoms with Crippen LogP contribution in [0.15, 0.2) is 17.5 Å². The predicted octanol–water partition coefficient (Wildman–Crippen LogP) is 3.12. The molecule has 21 heavy (non-hydrogen) atoms. The van der Waals surface area contributed by atoms with E-state index in [0.717, 1.165) is 24.1 Å². The quantitative estimate of drug-likeness (QED) is 0.520. The standard InChI is InChI=1S/C16H25NO3S/c1-4-5-6-9-17(12-13(2)16(19)20-3)15(18)11-14-8-7-10-21-14/h7-8,10,13H,4-6,9,11-12H2,1-3H3. The molecule has 0 N–H and O–H groups in total. The van der Waals surface area contributed by atoms with Crippen LogP contribution in [0, 0.1) is 5.92 Å². The molecule has 1 aromatic heterocycles. The fourth-order valence-corrected chi connectivity index (χ4v) is 2.85. The normalized spacial score (nSPS) is 12.0. The van der Waals surface area contributed by atoms with Gasteiger partial charge in [-0.1, -0.05) is 32.8 Å². The molecule has 0 bridgehead atoms. The van der Waals surface area contributed by atoms with Crippen LogP contribution in [-0.4, -0.2) is 37.0 Å². The highest BCUT2D eigenvalue weighted by molar-refractivity contribution is 7.10. The van der Waals surface area contributed by atoms with E-state index in [1.54, 1.807) is 23.2 Å². The molecule has 0 saturated carbocycles. The third-order valence-electron chi connectivity index (χ3n) is 3.39. The van der Waals surface area contributed by atoms with Crippen molar-refractivity contribution in [3.8, 4) is 0 Å². The molecule has 0 aromatic carbocycles. The smallest absolute Gasteiger partial charge is 0.310 e. The van der Waals surface area contributed by atoms with Gasteiger partial charge in [-0.3, -0.25) is 9.59 Å². The monoisotopic (exact) mass is 311 g/mol. The van der Waals surface area contributed by atoms with Crippen LogP contribution >= 0.6 is 11.3 Å². The first-order valence-electron chi connectivity index (χ1n) is 7.46. The zero-order chi connectivity index (χ0) is 15.7. The topological polar surface area (TPSA) is 46.6 Å². The molecule has 0 fully saturated rings. The molecule has 1 unspecified atom stereocenters. The number of hydrogen-bond acceptors (Lipinski definition) is 4. The van der Waals surface area contributed by atoms with E-state index in [1.807, 2.05) is 17.5 Å². The number of hydrogen-bond donors (Lipinski definition) is 0. The summed E-state index contributed by atoms with van der Waals surface area (Å²) < 4.78 is 4.75. The molecule has 0 aliphatic carbocycles. The van der Waals surface area contributed by atoms with Crippen molar-refractivity contribution in [2.75, 3.05) is 20.2 Å². The highest BCUT2D eigenvalue weighted by Crippen LogP contribution is 2.13. The van der Waals surface area contributed by atoms with Gasteiger partial charge in [0, 0.05) is 18.0 Å². The SMILES string of the molecule is CCCCCN(CC(C)C(=O)OC)C(=O)Cc1cccs1. The van der Waals surface area contributed by atoms with Gasteiger partial charge >= 0.3 is 5.97 Å². The van der Waals surface area contributed by atoms with Crippen LogP contribution < -0.4 is 0 Å². The first kappa shape index (κ1) is 17.7. The van der Waals surface area contributed by atoms with Gasteiger partial charge in [-0.05, 0) is 17.9 Å². The van der Waals surface area contributed by atoms with Crippen molar-refractivity contribution in [2.45, 2.75) is 39.5 Å². The van der Waals surface area contributed by atoms with Gasteiger partial charge in [0.2, 0.25) is 5.91 Å². The lowest BCUT2D eigenvalue weighted by molar-refractivity contribution is -0.146. The Kier molecular flexibility index (Phi) is 8.05. The van der Waals surface area contributed by atoms with Crippen molar-refractivity contribution < 1.29 is 14.3 Å². The van der Waals surface area contributed by atoms with Crippen molar-refractivity contribution in [1.29, 1.82) is 0 Å². The summed E-state index contributed by atoms with van der Waals surface area (Å²) in [6.07, 6.45) is 3.59. The molecular weight excluding hydrogens is 286 g/mol. The fourth-order valence-electron chi connectivity index (χ4n) is 2.15. The summed E-state index contributed by atoms with van der Waals surface area (Å²) in [5.74, 6) is -0.465. The predicted molar refractivity (Wildman–Crippen MR) is 85.3 cm³/mol. The number of thiophene rings is 1. The van der Waals surface area contributed by atoms with Gasteiger partial charge in [-0.15, -0.1) is 11.3 Å². The molecule has 0 spiro atoms. The van der Waals surface area contributed by atoms with E-state index in [2.05, 4.69) is 6.92 Å². The summed E-state index contributed by atoms with van der Waals surface area (Å²) in [6, 6.07) is 3.92. The summed E-state index contributed by atoms with van der Waals surface area (Å²) in [6.45, 7) is 5.08. The van der Waals surface area contributed by atoms with Gasteiger partial charge in [0.1, 0.15) is 0 Å². The minimum atomic E-state index is -0.288. The molecular formula is C16H25NO3S. The third-order valence-corrected chi connectivity index (χ3v) is 4.26. The lowest BCUT2D eigenvalue weighted by atomic mass is 10.1. The lowest BCUT2D eigenvalue weighted by Crippen LogP contribution is -2.38. The molecule has 1 amide bonds. The highest BCUT2D eigenvalue weighted by Gasteiger charge is 2.21. The number of unbranched alkanes of at least 4 members (excludes halogenated alkanes) is 2. The highest BCUT2D eigenvalue weighted by atomic mass is 32.1. The molecule has 5 heteroatoms. The van der Waals surface area contributed by atoms with Gasteiger partial charge in [-0.2, -0.15) is 0 Å². The van der Waals surface area contributed by atoms with E-state index in [9.17, 15) is 9.59 Å². The summed E-state index contributed by atoms with van der Waals surface area (Å²) in [7, 11) is 1.38. The number of ether oxygens (including phenoxy) is 1. The summed E-state index contributed by atoms with van der Waals surface area (Å²) >= 11 is 1.59. The van der Waals surface area contributed by atoms with Crippen LogP contribution in [0.25, 0.3) is 0 Å². The van der Waals surface area contributed by atoms with Crippen LogP contribution in [0.1, 0.15) is 38.0 Å². The number of rotatable bonds is 9. The molecule has 4 nitrogen and oxygen atoms in total. The number of nitrogens with zero attached hydrogens (tertiary/aromatic N) is 1. The second-order valence-electron chi connectivity index (χ2n) is 5.23. The summed E-state index contributed by atoms with van der Waals surface area (Å²) in [4.78, 5) is 26.9. The fraction of sp³-hybridized carbons (Fsp3) is 0.625. The number of carbonyl (C=O) groups is 2. The molecule has 0 aliphatic rings. The zero-order valence-electron chi connectivity index (χ0n) is 13.1. The van der Waals surface area contributed by atoms with Crippen LogP contribution in [0.4, 0.5) is 0 Å². The molecule has 1 aromatic rings. The molecule has 0 aliphatic heterocycles. The second-order valence-corrected chi connectivity index (χ2v) is 6.26. The van der Waals surface area contributed by atoms with Crippen molar-refractivity contribution in [3.05, 3.63) is 22.4 Å². The molecule has 0 radical (unpaired) electrons. The van der Waals surface area contributed by atoms with E-state index >= 15 is 0 Å². The van der Waals surface area contributed by atoms with Gasteiger partial charge in [0.15, 0.2) is 0 Å². The number of esters is 1. The molecule has 0 saturated heterocycles. The average molecular weight is 311 g/mol. The van der Waals surface area contributed by atoms with Crippen LogP contribution in [-0.2, 0) is 20.7 Å². The Morgan fingerprint density at radius 2 is 2.14 bits per heavy atom. The van der Waals surface area contributed by atoms with E-state index in [4.69, 9.17) is 4.74 Å². The largest absolute Gasteiger partial charge is 0.469 e. The first-order chi connectivity index (χ1) is 10.1. The molecule has 1 rings (SSSR count). The first-order valence-corrected chi connectivity index (χ1v) is 8.34. The average Bonchev–Trinajstić information content (AvgIpc) is 2.98. The minimum Gasteiger partial charge on any atom is -0.469 e. The maximum atomic E-state index is 12.4. The van der Waals surface area contributed by atoms with Gasteiger partial charge in [-0.25, -0.2) is 0 Å². The Labute approximate surface area is 131 Å². The Morgan fingerprint density at radius 1 is 1.38 bits per heavy atom. The van der Waals surface area contributed by atoms with E-state index < -0.39 is 0 Å². The Hall–Kier alpha value is -1.36. The van der Waals surface area contributed by atoms with Crippen molar-refractivity contribution in [2.24, 2.45) is 5.92 Å². The van der Waals surface area contributed by atoms with E-state index in [0.29, 0.717) is 19.5 Å². The molecule has 1 heterocycles. The van der Waals surface area contributed by atoms with Crippen molar-refractivity contribution in [3.63, 3.8) is 0 Å². The summed E-state index contributed by atoms with van der Waals surface area (Å²) in [5.41, 5.74) is 0. The Morgan fingerprint density at radius 3 is 2.71 bits per heavy atom. The van der Waals surface area contributed by atoms with Crippen molar-refractivity contribution in [1.82, 2.24) is 4.90 Å². The zero-order valence-corrected chi connectivity index (χ0v) is 13.9. The molecule has 1 atom stereocenters. The molecule has 118 valence electrons.